The average molecular weight is 242 g/mol. The van der Waals surface area contributed by atoms with Gasteiger partial charge >= 0.3 is 0 Å². The standard InChI is InChI=1S/C15H18N2O/c16-11-14(12-7-3-1-4-8-12)17-15(18)13-9-5-2-6-10-13/h2,5-6,9-10,12,14H,1,3-4,7-8H2,(H,17,18). The first-order valence-electron chi connectivity index (χ1n) is 6.57. The smallest absolute Gasteiger partial charge is 0.252 e. The van der Waals surface area contributed by atoms with Crippen LogP contribution in [0, 0.1) is 17.2 Å². The summed E-state index contributed by atoms with van der Waals surface area (Å²) < 4.78 is 0. The molecule has 1 unspecified atom stereocenters. The molecule has 0 saturated heterocycles. The van der Waals surface area contributed by atoms with E-state index in [1.165, 1.54) is 19.3 Å². The Morgan fingerprint density at radius 2 is 1.89 bits per heavy atom. The molecule has 1 amide bonds. The second-order valence-corrected chi connectivity index (χ2v) is 4.84. The molecule has 1 saturated carbocycles. The largest absolute Gasteiger partial charge is 0.336 e. The zero-order valence-electron chi connectivity index (χ0n) is 10.4. The average Bonchev–Trinajstić information content (AvgIpc) is 2.46. The van der Waals surface area contributed by atoms with Gasteiger partial charge in [-0.1, -0.05) is 37.5 Å². The summed E-state index contributed by atoms with van der Waals surface area (Å²) >= 11 is 0. The van der Waals surface area contributed by atoms with Crippen molar-refractivity contribution in [1.82, 2.24) is 5.32 Å². The second-order valence-electron chi connectivity index (χ2n) is 4.84. The van der Waals surface area contributed by atoms with Crippen LogP contribution in [0.25, 0.3) is 0 Å². The molecule has 1 aliphatic carbocycles. The lowest BCUT2D eigenvalue weighted by atomic mass is 9.84. The summed E-state index contributed by atoms with van der Waals surface area (Å²) in [5.41, 5.74) is 0.619. The Morgan fingerprint density at radius 3 is 2.50 bits per heavy atom. The molecule has 0 bridgehead atoms. The molecule has 1 aliphatic rings. The van der Waals surface area contributed by atoms with Gasteiger partial charge in [0.2, 0.25) is 0 Å². The molecule has 94 valence electrons. The molecule has 1 aromatic rings. The lowest BCUT2D eigenvalue weighted by Crippen LogP contribution is -2.40. The van der Waals surface area contributed by atoms with Crippen LogP contribution in [0.5, 0.6) is 0 Å². The Balaban J connectivity index is 1.98. The van der Waals surface area contributed by atoms with Gasteiger partial charge in [0.25, 0.3) is 5.91 Å². The number of carbonyl (C=O) groups excluding carboxylic acids is 1. The molecule has 18 heavy (non-hydrogen) atoms. The first-order valence-corrected chi connectivity index (χ1v) is 6.57. The summed E-state index contributed by atoms with van der Waals surface area (Å²) in [7, 11) is 0. The van der Waals surface area contributed by atoms with E-state index in [2.05, 4.69) is 11.4 Å². The monoisotopic (exact) mass is 242 g/mol. The predicted octanol–water partition coefficient (Wildman–Crippen LogP) is 2.89. The number of nitrogens with one attached hydrogen (secondary N) is 1. The van der Waals surface area contributed by atoms with E-state index < -0.39 is 0 Å². The van der Waals surface area contributed by atoms with Crippen molar-refractivity contribution in [3.05, 3.63) is 35.9 Å². The van der Waals surface area contributed by atoms with E-state index in [0.717, 1.165) is 12.8 Å². The maximum Gasteiger partial charge on any atom is 0.252 e. The molecule has 0 aliphatic heterocycles. The number of amides is 1. The number of hydrogen-bond donors (Lipinski definition) is 1. The Hall–Kier alpha value is -1.82. The van der Waals surface area contributed by atoms with E-state index in [4.69, 9.17) is 0 Å². The van der Waals surface area contributed by atoms with Crippen LogP contribution in [0.15, 0.2) is 30.3 Å². The van der Waals surface area contributed by atoms with Crippen molar-refractivity contribution in [2.45, 2.75) is 38.1 Å². The van der Waals surface area contributed by atoms with Crippen LogP contribution in [0.2, 0.25) is 0 Å². The lowest BCUT2D eigenvalue weighted by molar-refractivity contribution is 0.0929. The minimum absolute atomic E-state index is 0.146. The molecule has 2 rings (SSSR count). The van der Waals surface area contributed by atoms with Gasteiger partial charge in [-0.15, -0.1) is 0 Å². The van der Waals surface area contributed by atoms with Crippen LogP contribution in [-0.2, 0) is 0 Å². The zero-order valence-corrected chi connectivity index (χ0v) is 10.4. The van der Waals surface area contributed by atoms with E-state index in [1.807, 2.05) is 18.2 Å². The normalized spacial score (nSPS) is 17.7. The van der Waals surface area contributed by atoms with E-state index in [1.54, 1.807) is 12.1 Å². The first kappa shape index (κ1) is 12.6. The molecule has 0 heterocycles. The van der Waals surface area contributed by atoms with E-state index in [-0.39, 0.29) is 11.9 Å². The first-order chi connectivity index (χ1) is 8.81. The van der Waals surface area contributed by atoms with Gasteiger partial charge in [0.15, 0.2) is 0 Å². The molecule has 3 heteroatoms. The Kier molecular flexibility index (Phi) is 4.35. The number of hydrogen-bond acceptors (Lipinski definition) is 2. The fourth-order valence-electron chi connectivity index (χ4n) is 2.54. The molecule has 0 aromatic heterocycles. The fourth-order valence-corrected chi connectivity index (χ4v) is 2.54. The van der Waals surface area contributed by atoms with Crippen molar-refractivity contribution in [3.63, 3.8) is 0 Å². The topological polar surface area (TPSA) is 52.9 Å². The van der Waals surface area contributed by atoms with Gasteiger partial charge < -0.3 is 5.32 Å². The third kappa shape index (κ3) is 3.10. The van der Waals surface area contributed by atoms with Crippen LogP contribution < -0.4 is 5.32 Å². The summed E-state index contributed by atoms with van der Waals surface area (Å²) in [5.74, 6) is 0.170. The maximum atomic E-state index is 12.0. The van der Waals surface area contributed by atoms with Crippen molar-refractivity contribution in [2.24, 2.45) is 5.92 Å². The molecule has 0 spiro atoms. The van der Waals surface area contributed by atoms with Gasteiger partial charge in [-0.2, -0.15) is 5.26 Å². The van der Waals surface area contributed by atoms with Gasteiger partial charge in [0, 0.05) is 5.56 Å². The van der Waals surface area contributed by atoms with E-state index in [9.17, 15) is 10.1 Å². The van der Waals surface area contributed by atoms with E-state index in [0.29, 0.717) is 11.5 Å². The van der Waals surface area contributed by atoms with Crippen molar-refractivity contribution in [3.8, 4) is 6.07 Å². The molecular formula is C15H18N2O. The molecule has 3 nitrogen and oxygen atoms in total. The number of carbonyl (C=O) groups is 1. The molecular weight excluding hydrogens is 224 g/mol. The van der Waals surface area contributed by atoms with Gasteiger partial charge in [-0.3, -0.25) is 4.79 Å². The summed E-state index contributed by atoms with van der Waals surface area (Å²) in [5, 5.41) is 12.1. The maximum absolute atomic E-state index is 12.0. The van der Waals surface area contributed by atoms with Crippen molar-refractivity contribution < 1.29 is 4.79 Å². The van der Waals surface area contributed by atoms with Crippen LogP contribution in [0.4, 0.5) is 0 Å². The number of benzene rings is 1. The highest BCUT2D eigenvalue weighted by atomic mass is 16.1. The summed E-state index contributed by atoms with van der Waals surface area (Å²) in [6.07, 6.45) is 5.69. The van der Waals surface area contributed by atoms with Crippen LogP contribution in [0.3, 0.4) is 0 Å². The summed E-state index contributed by atoms with van der Waals surface area (Å²) in [4.78, 5) is 12.0. The van der Waals surface area contributed by atoms with Gasteiger partial charge in [-0.05, 0) is 30.9 Å². The van der Waals surface area contributed by atoms with Crippen LogP contribution in [-0.4, -0.2) is 11.9 Å². The highest BCUT2D eigenvalue weighted by molar-refractivity contribution is 5.94. The number of nitriles is 1. The highest BCUT2D eigenvalue weighted by Crippen LogP contribution is 2.26. The summed E-state index contributed by atoms with van der Waals surface area (Å²) in [6, 6.07) is 11.0. The van der Waals surface area contributed by atoms with Crippen molar-refractivity contribution in [2.75, 3.05) is 0 Å². The molecule has 1 fully saturated rings. The molecule has 1 aromatic carbocycles. The number of nitrogens with zero attached hydrogens (tertiary/aromatic N) is 1. The van der Waals surface area contributed by atoms with Gasteiger partial charge in [0.05, 0.1) is 6.07 Å². The second kappa shape index (κ2) is 6.20. The Labute approximate surface area is 108 Å². The minimum atomic E-state index is -0.349. The van der Waals surface area contributed by atoms with Crippen molar-refractivity contribution in [1.29, 1.82) is 5.26 Å². The fraction of sp³-hybridized carbons (Fsp3) is 0.467. The van der Waals surface area contributed by atoms with Gasteiger partial charge in [-0.25, -0.2) is 0 Å². The van der Waals surface area contributed by atoms with Gasteiger partial charge in [0.1, 0.15) is 6.04 Å². The lowest BCUT2D eigenvalue weighted by Gasteiger charge is -2.26. The quantitative estimate of drug-likeness (QED) is 0.886. The molecule has 1 atom stereocenters. The third-order valence-corrected chi connectivity index (χ3v) is 3.58. The Morgan fingerprint density at radius 1 is 1.22 bits per heavy atom. The molecule has 1 N–H and O–H groups in total. The Bertz CT molecular complexity index is 430. The third-order valence-electron chi connectivity index (χ3n) is 3.58. The predicted molar refractivity (Wildman–Crippen MR) is 69.9 cm³/mol. The highest BCUT2D eigenvalue weighted by Gasteiger charge is 2.25. The number of rotatable bonds is 3. The van der Waals surface area contributed by atoms with E-state index >= 15 is 0 Å². The SMILES string of the molecule is N#CC(NC(=O)c1ccccc1)C1CCCCC1. The van der Waals surface area contributed by atoms with Crippen molar-refractivity contribution >= 4 is 5.91 Å². The zero-order chi connectivity index (χ0) is 12.8. The van der Waals surface area contributed by atoms with Crippen LogP contribution in [0.1, 0.15) is 42.5 Å². The summed E-state index contributed by atoms with van der Waals surface area (Å²) in [6.45, 7) is 0. The van der Waals surface area contributed by atoms with Crippen LogP contribution >= 0.6 is 0 Å². The minimum Gasteiger partial charge on any atom is -0.336 e. The molecule has 0 radical (unpaired) electrons.